The number of rotatable bonds is 5. The number of para-hydroxylation sites is 1. The van der Waals surface area contributed by atoms with E-state index in [-0.39, 0.29) is 10.8 Å². The predicted octanol–water partition coefficient (Wildman–Crippen LogP) is 14.4. The van der Waals surface area contributed by atoms with Crippen molar-refractivity contribution in [1.82, 2.24) is 0 Å². The van der Waals surface area contributed by atoms with Gasteiger partial charge in [-0.25, -0.2) is 0 Å². The number of hydrogen-bond donors (Lipinski definition) is 0. The number of nitrogens with zero attached hydrogens (tertiary/aromatic N) is 1. The van der Waals surface area contributed by atoms with E-state index in [4.69, 9.17) is 4.42 Å². The molecule has 0 spiro atoms. The average molecular weight is 706 g/mol. The molecule has 0 fully saturated rings. The number of fused-ring (bicyclic) bond motifs is 9. The summed E-state index contributed by atoms with van der Waals surface area (Å²) < 4.78 is 6.20. The third-order valence-corrected chi connectivity index (χ3v) is 12.5. The molecule has 2 nitrogen and oxygen atoms in total. The first-order chi connectivity index (χ1) is 26.9. The van der Waals surface area contributed by atoms with Crippen LogP contribution in [0.15, 0.2) is 186 Å². The molecule has 1 aromatic heterocycles. The van der Waals surface area contributed by atoms with E-state index in [1.165, 1.54) is 50.1 Å². The van der Waals surface area contributed by atoms with Gasteiger partial charge >= 0.3 is 0 Å². The fourth-order valence-corrected chi connectivity index (χ4v) is 9.71. The van der Waals surface area contributed by atoms with Gasteiger partial charge in [0.1, 0.15) is 11.2 Å². The number of hydrogen-bond acceptors (Lipinski definition) is 2. The van der Waals surface area contributed by atoms with Crippen molar-refractivity contribution >= 4 is 39.0 Å². The van der Waals surface area contributed by atoms with E-state index in [1.807, 2.05) is 12.1 Å². The second-order valence-corrected chi connectivity index (χ2v) is 15.9. The summed E-state index contributed by atoms with van der Waals surface area (Å²) in [5.74, 6) is 0. The van der Waals surface area contributed by atoms with Crippen LogP contribution in [0.5, 0.6) is 0 Å². The molecule has 262 valence electrons. The maximum atomic E-state index is 6.20. The van der Waals surface area contributed by atoms with Crippen molar-refractivity contribution in [2.24, 2.45) is 0 Å². The molecule has 1 heterocycles. The van der Waals surface area contributed by atoms with Gasteiger partial charge in [-0.05, 0) is 123 Å². The van der Waals surface area contributed by atoms with Crippen LogP contribution in [0, 0.1) is 0 Å². The molecule has 0 amide bonds. The molecule has 9 aromatic rings. The maximum absolute atomic E-state index is 6.20. The van der Waals surface area contributed by atoms with Crippen molar-refractivity contribution in [3.8, 4) is 33.4 Å². The molecule has 0 bridgehead atoms. The molecular formula is C53H39NO. The minimum Gasteiger partial charge on any atom is -0.456 e. The highest BCUT2D eigenvalue weighted by Crippen LogP contribution is 2.55. The molecule has 2 heteroatoms. The molecule has 11 rings (SSSR count). The molecular weight excluding hydrogens is 667 g/mol. The van der Waals surface area contributed by atoms with Gasteiger partial charge in [0.2, 0.25) is 0 Å². The van der Waals surface area contributed by atoms with E-state index in [0.717, 1.165) is 50.1 Å². The second kappa shape index (κ2) is 11.7. The van der Waals surface area contributed by atoms with Crippen LogP contribution in [0.25, 0.3) is 55.3 Å². The summed E-state index contributed by atoms with van der Waals surface area (Å²) in [4.78, 5) is 2.46. The van der Waals surface area contributed by atoms with Gasteiger partial charge < -0.3 is 9.32 Å². The summed E-state index contributed by atoms with van der Waals surface area (Å²) >= 11 is 0. The van der Waals surface area contributed by atoms with Gasteiger partial charge in [0.05, 0.1) is 0 Å². The van der Waals surface area contributed by atoms with E-state index in [1.54, 1.807) is 0 Å². The third-order valence-electron chi connectivity index (χ3n) is 12.5. The van der Waals surface area contributed by atoms with Crippen LogP contribution >= 0.6 is 0 Å². The van der Waals surface area contributed by atoms with Crippen LogP contribution < -0.4 is 4.90 Å². The summed E-state index contributed by atoms with van der Waals surface area (Å²) in [6.45, 7) is 7.12. The van der Waals surface area contributed by atoms with Crippen LogP contribution in [0.3, 0.4) is 0 Å². The van der Waals surface area contributed by atoms with Crippen molar-refractivity contribution in [2.75, 3.05) is 4.90 Å². The Hall–Kier alpha value is -6.64. The van der Waals surface area contributed by atoms with Crippen molar-refractivity contribution in [3.63, 3.8) is 0 Å². The van der Waals surface area contributed by atoms with Gasteiger partial charge in [0, 0.05) is 38.7 Å². The molecule has 55 heavy (non-hydrogen) atoms. The molecule has 2 aliphatic carbocycles. The Labute approximate surface area is 322 Å². The lowest BCUT2D eigenvalue weighted by atomic mass is 9.74. The van der Waals surface area contributed by atoms with Gasteiger partial charge in [0.25, 0.3) is 0 Å². The predicted molar refractivity (Wildman–Crippen MR) is 229 cm³/mol. The molecule has 0 saturated carbocycles. The Balaban J connectivity index is 1.12. The van der Waals surface area contributed by atoms with E-state index >= 15 is 0 Å². The van der Waals surface area contributed by atoms with Gasteiger partial charge in [-0.15, -0.1) is 0 Å². The summed E-state index contributed by atoms with van der Waals surface area (Å²) in [5, 5.41) is 2.27. The minimum atomic E-state index is -0.304. The summed E-state index contributed by atoms with van der Waals surface area (Å²) in [7, 11) is 0. The normalized spacial score (nSPS) is 16.1. The first-order valence-corrected chi connectivity index (χ1v) is 19.3. The molecule has 2 aliphatic rings. The molecule has 1 atom stereocenters. The smallest absolute Gasteiger partial charge is 0.135 e. The zero-order chi connectivity index (χ0) is 36.9. The van der Waals surface area contributed by atoms with Gasteiger partial charge in [-0.3, -0.25) is 0 Å². The Bertz CT molecular complexity index is 2990. The minimum absolute atomic E-state index is 0.121. The SMILES string of the molecule is CC1(C)c2ccccc2-c2ccc(N(c3cccc(-c4ccc5oc6ccccc6c5c4)c3)c3ccc4c(c3)C(C)(c3ccccc3)c3ccccc3-4)cc21. The molecule has 0 saturated heterocycles. The van der Waals surface area contributed by atoms with Crippen LogP contribution in [0.1, 0.15) is 48.6 Å². The highest BCUT2D eigenvalue weighted by Gasteiger charge is 2.41. The van der Waals surface area contributed by atoms with Crippen molar-refractivity contribution < 1.29 is 4.42 Å². The van der Waals surface area contributed by atoms with Crippen LogP contribution in [0.4, 0.5) is 17.1 Å². The second-order valence-electron chi connectivity index (χ2n) is 15.9. The molecule has 0 radical (unpaired) electrons. The summed E-state index contributed by atoms with van der Waals surface area (Å²) in [6.07, 6.45) is 0. The van der Waals surface area contributed by atoms with Gasteiger partial charge in [-0.1, -0.05) is 141 Å². The number of anilines is 3. The van der Waals surface area contributed by atoms with E-state index in [2.05, 4.69) is 196 Å². The largest absolute Gasteiger partial charge is 0.456 e. The van der Waals surface area contributed by atoms with Crippen molar-refractivity contribution in [1.29, 1.82) is 0 Å². The lowest BCUT2D eigenvalue weighted by Crippen LogP contribution is -2.23. The lowest BCUT2D eigenvalue weighted by molar-refractivity contribution is 0.660. The number of furan rings is 1. The highest BCUT2D eigenvalue weighted by atomic mass is 16.3. The fraction of sp³-hybridized carbons (Fsp3) is 0.0943. The standard InChI is InChI=1S/C53H39NO/c1-52(2)46-21-10-7-18-40(46)42-27-25-38(32-48(42)52)54(37-17-13-14-34(30-37)35-24-29-51-45(31-35)44-20-9-12-23-50(44)55-51)39-26-28-43-41-19-8-11-22-47(41)53(3,49(43)33-39)36-15-5-4-6-16-36/h4-33H,1-3H3. The Morgan fingerprint density at radius 1 is 0.382 bits per heavy atom. The van der Waals surface area contributed by atoms with Gasteiger partial charge in [0.15, 0.2) is 0 Å². The average Bonchev–Trinajstić information content (AvgIpc) is 3.82. The highest BCUT2D eigenvalue weighted by molar-refractivity contribution is 6.06. The van der Waals surface area contributed by atoms with Gasteiger partial charge in [-0.2, -0.15) is 0 Å². The molecule has 8 aromatic carbocycles. The van der Waals surface area contributed by atoms with Crippen LogP contribution in [-0.4, -0.2) is 0 Å². The first kappa shape index (κ1) is 31.8. The monoisotopic (exact) mass is 705 g/mol. The quantitative estimate of drug-likeness (QED) is 0.177. The fourth-order valence-electron chi connectivity index (χ4n) is 9.71. The van der Waals surface area contributed by atoms with Crippen molar-refractivity contribution in [3.05, 3.63) is 210 Å². The molecule has 0 aliphatic heterocycles. The van der Waals surface area contributed by atoms with E-state index in [9.17, 15) is 0 Å². The van der Waals surface area contributed by atoms with Crippen LogP contribution in [-0.2, 0) is 10.8 Å². The van der Waals surface area contributed by atoms with Crippen LogP contribution in [0.2, 0.25) is 0 Å². The van der Waals surface area contributed by atoms with Crippen molar-refractivity contribution in [2.45, 2.75) is 31.6 Å². The topological polar surface area (TPSA) is 16.4 Å². The molecule has 0 N–H and O–H groups in total. The zero-order valence-corrected chi connectivity index (χ0v) is 31.2. The van der Waals surface area contributed by atoms with E-state index in [0.29, 0.717) is 0 Å². The third kappa shape index (κ3) is 4.61. The maximum Gasteiger partial charge on any atom is 0.135 e. The Kier molecular flexibility index (Phi) is 6.76. The summed E-state index contributed by atoms with van der Waals surface area (Å²) in [6, 6.07) is 66.9. The zero-order valence-electron chi connectivity index (χ0n) is 31.2. The Morgan fingerprint density at radius 3 is 1.76 bits per heavy atom. The summed E-state index contributed by atoms with van der Waals surface area (Å²) in [5.41, 5.74) is 19.1. The lowest BCUT2D eigenvalue weighted by Gasteiger charge is -2.31. The first-order valence-electron chi connectivity index (χ1n) is 19.3. The Morgan fingerprint density at radius 2 is 0.964 bits per heavy atom. The number of benzene rings is 8. The molecule has 1 unspecified atom stereocenters. The van der Waals surface area contributed by atoms with E-state index < -0.39 is 0 Å².